The van der Waals surface area contributed by atoms with Crippen LogP contribution in [-0.4, -0.2) is 43.1 Å². The van der Waals surface area contributed by atoms with Gasteiger partial charge in [-0.15, -0.1) is 0 Å². The van der Waals surface area contributed by atoms with Gasteiger partial charge in [0.2, 0.25) is 10.8 Å². The summed E-state index contributed by atoms with van der Waals surface area (Å²) in [5.74, 6) is -5.05. The largest absolute Gasteiger partial charge is 0.477 e. The summed E-state index contributed by atoms with van der Waals surface area (Å²) in [4.78, 5) is 17.2. The second kappa shape index (κ2) is 6.55. The van der Waals surface area contributed by atoms with Crippen molar-refractivity contribution in [3.05, 3.63) is 27.8 Å². The van der Waals surface area contributed by atoms with E-state index in [1.807, 2.05) is 0 Å². The summed E-state index contributed by atoms with van der Waals surface area (Å²) in [5, 5.41) is 8.07. The van der Waals surface area contributed by atoms with E-state index in [2.05, 4.69) is 15.2 Å². The number of hydrogen-bond donors (Lipinski definition) is 0. The van der Waals surface area contributed by atoms with E-state index < -0.39 is 24.2 Å². The van der Waals surface area contributed by atoms with Crippen LogP contribution in [0.2, 0.25) is 0 Å². The van der Waals surface area contributed by atoms with Crippen LogP contribution in [0.5, 0.6) is 5.88 Å². The molecular formula is C14H12F5N5O2S. The van der Waals surface area contributed by atoms with Crippen molar-refractivity contribution in [2.45, 2.75) is 32.5 Å². The van der Waals surface area contributed by atoms with Gasteiger partial charge in [-0.3, -0.25) is 9.48 Å². The predicted octanol–water partition coefficient (Wildman–Crippen LogP) is 2.92. The van der Waals surface area contributed by atoms with Gasteiger partial charge in [0.1, 0.15) is 17.1 Å². The van der Waals surface area contributed by atoms with E-state index in [-0.39, 0.29) is 28.6 Å². The molecule has 3 aromatic heterocycles. The summed E-state index contributed by atoms with van der Waals surface area (Å²) in [6, 6.07) is 0. The van der Waals surface area contributed by atoms with Gasteiger partial charge in [-0.1, -0.05) is 11.3 Å². The zero-order valence-electron chi connectivity index (χ0n) is 13.9. The minimum absolute atomic E-state index is 0.00558. The molecular weight excluding hydrogens is 397 g/mol. The molecule has 0 fully saturated rings. The Bertz CT molecular complexity index is 1040. The fourth-order valence-corrected chi connectivity index (χ4v) is 3.01. The van der Waals surface area contributed by atoms with E-state index >= 15 is 0 Å². The first-order valence-electron chi connectivity index (χ1n) is 7.54. The Morgan fingerprint density at radius 3 is 2.59 bits per heavy atom. The zero-order valence-corrected chi connectivity index (χ0v) is 14.7. The molecule has 0 aliphatic carbocycles. The van der Waals surface area contributed by atoms with Crippen molar-refractivity contribution in [2.24, 2.45) is 0 Å². The fourth-order valence-electron chi connectivity index (χ4n) is 2.28. The number of nitrogens with zero attached hydrogens (tertiary/aromatic N) is 5. The highest BCUT2D eigenvalue weighted by molar-refractivity contribution is 7.16. The standard InChI is InChI=1S/C14H12F5N5O2S/c1-3-26-10-9(11(25)24-12(21-10)27-7(2)22-24)8-4-20-23(5-8)6-13(15,16)14(17,18)19/h4-5H,3,6H2,1-2H3. The molecule has 0 spiro atoms. The van der Waals surface area contributed by atoms with Crippen molar-refractivity contribution in [3.63, 3.8) is 0 Å². The van der Waals surface area contributed by atoms with Gasteiger partial charge in [0.05, 0.1) is 12.8 Å². The lowest BCUT2D eigenvalue weighted by atomic mass is 10.2. The highest BCUT2D eigenvalue weighted by atomic mass is 32.1. The highest BCUT2D eigenvalue weighted by Gasteiger charge is 2.57. The van der Waals surface area contributed by atoms with Crippen LogP contribution in [0.25, 0.3) is 16.1 Å². The SMILES string of the molecule is CCOc1nc2sc(C)nn2c(=O)c1-c1cnn(CC(F)(F)C(F)(F)F)c1. The maximum Gasteiger partial charge on any atom is 0.455 e. The second-order valence-electron chi connectivity index (χ2n) is 5.47. The molecule has 0 aliphatic heterocycles. The van der Waals surface area contributed by atoms with Crippen molar-refractivity contribution < 1.29 is 26.7 Å². The number of halogens is 5. The van der Waals surface area contributed by atoms with Crippen LogP contribution in [0.3, 0.4) is 0 Å². The number of aromatic nitrogens is 5. The van der Waals surface area contributed by atoms with Crippen LogP contribution in [0, 0.1) is 6.92 Å². The van der Waals surface area contributed by atoms with Crippen LogP contribution < -0.4 is 10.3 Å². The third-order valence-electron chi connectivity index (χ3n) is 3.46. The zero-order chi connectivity index (χ0) is 20.0. The smallest absolute Gasteiger partial charge is 0.455 e. The van der Waals surface area contributed by atoms with Crippen molar-refractivity contribution in [2.75, 3.05) is 6.61 Å². The van der Waals surface area contributed by atoms with Crippen molar-refractivity contribution in [1.82, 2.24) is 24.4 Å². The molecule has 0 bridgehead atoms. The van der Waals surface area contributed by atoms with Gasteiger partial charge in [-0.25, -0.2) is 0 Å². The summed E-state index contributed by atoms with van der Waals surface area (Å²) in [7, 11) is 0. The summed E-state index contributed by atoms with van der Waals surface area (Å²) in [6.07, 6.45) is -3.81. The Balaban J connectivity index is 2.08. The summed E-state index contributed by atoms with van der Waals surface area (Å²) in [6.45, 7) is 1.76. The van der Waals surface area contributed by atoms with E-state index in [1.165, 1.54) is 0 Å². The summed E-state index contributed by atoms with van der Waals surface area (Å²) < 4.78 is 70.3. The quantitative estimate of drug-likeness (QED) is 0.606. The Morgan fingerprint density at radius 2 is 1.96 bits per heavy atom. The Morgan fingerprint density at radius 1 is 1.26 bits per heavy atom. The Labute approximate surface area is 152 Å². The third-order valence-corrected chi connectivity index (χ3v) is 4.28. The van der Waals surface area contributed by atoms with Gasteiger partial charge < -0.3 is 4.74 Å². The van der Waals surface area contributed by atoms with Crippen LogP contribution in [0.1, 0.15) is 11.9 Å². The number of fused-ring (bicyclic) bond motifs is 1. The number of alkyl halides is 5. The van der Waals surface area contributed by atoms with Crippen molar-refractivity contribution >= 4 is 16.3 Å². The van der Waals surface area contributed by atoms with E-state index in [0.29, 0.717) is 9.69 Å². The van der Waals surface area contributed by atoms with E-state index in [9.17, 15) is 26.7 Å². The molecule has 3 heterocycles. The summed E-state index contributed by atoms with van der Waals surface area (Å²) in [5.41, 5.74) is -0.773. The van der Waals surface area contributed by atoms with E-state index in [4.69, 9.17) is 4.74 Å². The lowest BCUT2D eigenvalue weighted by Crippen LogP contribution is -2.40. The molecule has 0 saturated carbocycles. The molecule has 0 aliphatic rings. The van der Waals surface area contributed by atoms with Crippen LogP contribution in [-0.2, 0) is 6.54 Å². The molecule has 13 heteroatoms. The third kappa shape index (κ3) is 3.50. The lowest BCUT2D eigenvalue weighted by Gasteiger charge is -2.19. The van der Waals surface area contributed by atoms with Crippen LogP contribution in [0.15, 0.2) is 17.2 Å². The highest BCUT2D eigenvalue weighted by Crippen LogP contribution is 2.37. The molecule has 0 radical (unpaired) electrons. The molecule has 27 heavy (non-hydrogen) atoms. The minimum atomic E-state index is -5.71. The first-order valence-corrected chi connectivity index (χ1v) is 8.36. The summed E-state index contributed by atoms with van der Waals surface area (Å²) >= 11 is 1.14. The first-order chi connectivity index (χ1) is 12.5. The normalized spacial score (nSPS) is 12.7. The van der Waals surface area contributed by atoms with Gasteiger partial charge in [-0.2, -0.15) is 41.6 Å². The fraction of sp³-hybridized carbons (Fsp3) is 0.429. The maximum atomic E-state index is 13.2. The molecule has 0 N–H and O–H groups in total. The molecule has 0 amide bonds. The molecule has 7 nitrogen and oxygen atoms in total. The maximum absolute atomic E-state index is 13.2. The van der Waals surface area contributed by atoms with E-state index in [0.717, 1.165) is 28.2 Å². The van der Waals surface area contributed by atoms with Crippen molar-refractivity contribution in [3.8, 4) is 17.0 Å². The number of rotatable bonds is 5. The van der Waals surface area contributed by atoms with Gasteiger partial charge in [0.25, 0.3) is 5.56 Å². The molecule has 146 valence electrons. The average molecular weight is 409 g/mol. The molecule has 0 unspecified atom stereocenters. The monoisotopic (exact) mass is 409 g/mol. The predicted molar refractivity (Wildman–Crippen MR) is 85.3 cm³/mol. The molecule has 3 rings (SSSR count). The molecule has 0 saturated heterocycles. The molecule has 0 atom stereocenters. The number of ether oxygens (including phenoxy) is 1. The number of aryl methyl sites for hydroxylation is 1. The Kier molecular flexibility index (Phi) is 4.66. The van der Waals surface area contributed by atoms with Gasteiger partial charge in [0, 0.05) is 11.8 Å². The van der Waals surface area contributed by atoms with Crippen LogP contribution in [0.4, 0.5) is 22.0 Å². The molecule has 3 aromatic rings. The molecule has 0 aromatic carbocycles. The van der Waals surface area contributed by atoms with E-state index in [1.54, 1.807) is 13.8 Å². The van der Waals surface area contributed by atoms with Gasteiger partial charge in [0.15, 0.2) is 0 Å². The second-order valence-corrected chi connectivity index (χ2v) is 6.63. The Hall–Kier alpha value is -2.57. The van der Waals surface area contributed by atoms with Gasteiger partial charge >= 0.3 is 12.1 Å². The lowest BCUT2D eigenvalue weighted by molar-refractivity contribution is -0.287. The van der Waals surface area contributed by atoms with Gasteiger partial charge in [-0.05, 0) is 13.8 Å². The minimum Gasteiger partial charge on any atom is -0.477 e. The topological polar surface area (TPSA) is 74.3 Å². The number of hydrogen-bond acceptors (Lipinski definition) is 6. The van der Waals surface area contributed by atoms with Crippen LogP contribution >= 0.6 is 11.3 Å². The first kappa shape index (κ1) is 19.2. The average Bonchev–Trinajstić information content (AvgIpc) is 3.12. The van der Waals surface area contributed by atoms with Crippen molar-refractivity contribution in [1.29, 1.82) is 0 Å².